The van der Waals surface area contributed by atoms with E-state index in [1.165, 1.54) is 55.5 Å². The first-order chi connectivity index (χ1) is 9.68. The summed E-state index contributed by atoms with van der Waals surface area (Å²) in [5.41, 5.74) is 0. The van der Waals surface area contributed by atoms with Gasteiger partial charge in [-0.2, -0.15) is 0 Å². The molecule has 1 aromatic rings. The Morgan fingerprint density at radius 3 is 1.80 bits per heavy atom. The Kier molecular flexibility index (Phi) is 8.74. The molecular formula is C17H32N2Sn. The SMILES string of the molecule is CCC[CH2][Sn]([CH2]CCC)([CH2]CCC)[c]1ccnc(C)n1. The summed E-state index contributed by atoms with van der Waals surface area (Å²) in [6.45, 7) is 9.00. The summed E-state index contributed by atoms with van der Waals surface area (Å²) in [5, 5.41) is 0. The maximum absolute atomic E-state index is 4.89. The molecule has 0 aromatic carbocycles. The van der Waals surface area contributed by atoms with Gasteiger partial charge in [0.15, 0.2) is 0 Å². The summed E-state index contributed by atoms with van der Waals surface area (Å²) in [6.07, 6.45) is 10.1. The van der Waals surface area contributed by atoms with Crippen LogP contribution in [0.1, 0.15) is 65.1 Å². The van der Waals surface area contributed by atoms with Gasteiger partial charge >= 0.3 is 130 Å². The summed E-state index contributed by atoms with van der Waals surface area (Å²) in [7, 11) is 0. The van der Waals surface area contributed by atoms with Gasteiger partial charge in [0.1, 0.15) is 0 Å². The van der Waals surface area contributed by atoms with Gasteiger partial charge in [-0.1, -0.05) is 0 Å². The third kappa shape index (κ3) is 5.34. The van der Waals surface area contributed by atoms with E-state index in [1.54, 1.807) is 0 Å². The molecular weight excluding hydrogens is 351 g/mol. The van der Waals surface area contributed by atoms with E-state index < -0.39 is 18.4 Å². The summed E-state index contributed by atoms with van der Waals surface area (Å²) in [6, 6.07) is 2.25. The number of rotatable bonds is 10. The van der Waals surface area contributed by atoms with Crippen LogP contribution in [0.4, 0.5) is 0 Å². The van der Waals surface area contributed by atoms with Crippen molar-refractivity contribution in [1.29, 1.82) is 0 Å². The predicted molar refractivity (Wildman–Crippen MR) is 91.3 cm³/mol. The van der Waals surface area contributed by atoms with Gasteiger partial charge in [0, 0.05) is 0 Å². The molecule has 0 amide bonds. The number of unbranched alkanes of at least 4 members (excludes halogenated alkanes) is 3. The third-order valence-electron chi connectivity index (χ3n) is 4.35. The van der Waals surface area contributed by atoms with Crippen LogP contribution >= 0.6 is 0 Å². The van der Waals surface area contributed by atoms with Crippen molar-refractivity contribution in [3.63, 3.8) is 0 Å². The van der Waals surface area contributed by atoms with E-state index in [9.17, 15) is 0 Å². The Morgan fingerprint density at radius 1 is 0.900 bits per heavy atom. The van der Waals surface area contributed by atoms with E-state index in [1.807, 2.05) is 13.1 Å². The quantitative estimate of drug-likeness (QED) is 0.541. The van der Waals surface area contributed by atoms with Crippen LogP contribution in [0.3, 0.4) is 0 Å². The topological polar surface area (TPSA) is 25.8 Å². The zero-order valence-corrected chi connectivity index (χ0v) is 16.8. The Balaban J connectivity index is 3.04. The molecule has 114 valence electrons. The molecule has 0 saturated heterocycles. The number of aryl methyl sites for hydroxylation is 1. The van der Waals surface area contributed by atoms with E-state index in [4.69, 9.17) is 4.98 Å². The first kappa shape index (κ1) is 17.9. The summed E-state index contributed by atoms with van der Waals surface area (Å²) in [4.78, 5) is 9.20. The molecule has 0 spiro atoms. The first-order valence-corrected chi connectivity index (χ1v) is 16.0. The van der Waals surface area contributed by atoms with Crippen LogP contribution in [0.2, 0.25) is 13.3 Å². The second-order valence-electron chi connectivity index (χ2n) is 6.08. The van der Waals surface area contributed by atoms with Crippen molar-refractivity contribution >= 4 is 22.1 Å². The van der Waals surface area contributed by atoms with Crippen LogP contribution in [-0.2, 0) is 0 Å². The Bertz CT molecular complexity index is 357. The molecule has 1 rings (SSSR count). The molecule has 0 fully saturated rings. The van der Waals surface area contributed by atoms with Crippen molar-refractivity contribution in [2.24, 2.45) is 0 Å². The second-order valence-corrected chi connectivity index (χ2v) is 19.1. The second kappa shape index (κ2) is 9.75. The van der Waals surface area contributed by atoms with Crippen molar-refractivity contribution in [2.75, 3.05) is 0 Å². The Morgan fingerprint density at radius 2 is 1.40 bits per heavy atom. The molecule has 0 aliphatic heterocycles. The average Bonchev–Trinajstić information content (AvgIpc) is 2.47. The predicted octanol–water partition coefficient (Wildman–Crippen LogP) is 4.84. The molecule has 3 heteroatoms. The van der Waals surface area contributed by atoms with Gasteiger partial charge in [-0.25, -0.2) is 0 Å². The zero-order valence-electron chi connectivity index (χ0n) is 13.9. The van der Waals surface area contributed by atoms with E-state index in [0.717, 1.165) is 5.82 Å². The molecule has 0 atom stereocenters. The van der Waals surface area contributed by atoms with Crippen molar-refractivity contribution in [2.45, 2.75) is 79.5 Å². The average molecular weight is 383 g/mol. The molecule has 0 N–H and O–H groups in total. The molecule has 0 bridgehead atoms. The van der Waals surface area contributed by atoms with Gasteiger partial charge in [0.2, 0.25) is 0 Å². The summed E-state index contributed by atoms with van der Waals surface area (Å²) in [5.74, 6) is 0.966. The van der Waals surface area contributed by atoms with Gasteiger partial charge in [-0.3, -0.25) is 0 Å². The van der Waals surface area contributed by atoms with Crippen LogP contribution in [0.25, 0.3) is 0 Å². The monoisotopic (exact) mass is 384 g/mol. The Hall–Kier alpha value is -0.121. The van der Waals surface area contributed by atoms with Crippen LogP contribution in [0, 0.1) is 6.92 Å². The van der Waals surface area contributed by atoms with Crippen LogP contribution in [-0.4, -0.2) is 28.3 Å². The van der Waals surface area contributed by atoms with Crippen LogP contribution in [0.15, 0.2) is 12.3 Å². The van der Waals surface area contributed by atoms with Crippen LogP contribution < -0.4 is 3.71 Å². The van der Waals surface area contributed by atoms with Crippen molar-refractivity contribution in [1.82, 2.24) is 9.97 Å². The molecule has 0 aliphatic rings. The fourth-order valence-electron chi connectivity index (χ4n) is 3.06. The standard InChI is InChI=1S/C5H5N2.3C4H9.Sn/c1-5-6-3-2-4-7-5;3*1-3-4-2;/h2-3H,1H3;3*1,3-4H2,2H3;. The molecule has 0 radical (unpaired) electrons. The summed E-state index contributed by atoms with van der Waals surface area (Å²) < 4.78 is 5.97. The van der Waals surface area contributed by atoms with Crippen LogP contribution in [0.5, 0.6) is 0 Å². The zero-order chi connectivity index (χ0) is 14.8. The van der Waals surface area contributed by atoms with Gasteiger partial charge < -0.3 is 0 Å². The van der Waals surface area contributed by atoms with E-state index >= 15 is 0 Å². The third-order valence-corrected chi connectivity index (χ3v) is 19.5. The molecule has 0 aliphatic carbocycles. The fourth-order valence-corrected chi connectivity index (χ4v) is 18.6. The molecule has 0 saturated carbocycles. The molecule has 1 aromatic heterocycles. The van der Waals surface area contributed by atoms with E-state index in [-0.39, 0.29) is 0 Å². The first-order valence-electron chi connectivity index (χ1n) is 8.48. The molecule has 1 heterocycles. The van der Waals surface area contributed by atoms with Crippen molar-refractivity contribution in [3.05, 3.63) is 18.1 Å². The minimum atomic E-state index is -2.29. The molecule has 0 unspecified atom stereocenters. The number of nitrogens with zero attached hydrogens (tertiary/aromatic N) is 2. The van der Waals surface area contributed by atoms with Crippen molar-refractivity contribution < 1.29 is 0 Å². The maximum atomic E-state index is 4.89. The number of hydrogen-bond donors (Lipinski definition) is 0. The fraction of sp³-hybridized carbons (Fsp3) is 0.765. The van der Waals surface area contributed by atoms with E-state index in [2.05, 4.69) is 31.8 Å². The van der Waals surface area contributed by atoms with E-state index in [0.29, 0.717) is 0 Å². The molecule has 2 nitrogen and oxygen atoms in total. The van der Waals surface area contributed by atoms with Gasteiger partial charge in [-0.15, -0.1) is 0 Å². The van der Waals surface area contributed by atoms with Gasteiger partial charge in [0.05, 0.1) is 0 Å². The van der Waals surface area contributed by atoms with Gasteiger partial charge in [0.25, 0.3) is 0 Å². The molecule has 20 heavy (non-hydrogen) atoms. The minimum absolute atomic E-state index is 0.966. The van der Waals surface area contributed by atoms with Crippen molar-refractivity contribution in [3.8, 4) is 0 Å². The summed E-state index contributed by atoms with van der Waals surface area (Å²) >= 11 is -2.29. The normalized spacial score (nSPS) is 11.8. The van der Waals surface area contributed by atoms with Gasteiger partial charge in [-0.05, 0) is 0 Å². The Labute approximate surface area is 129 Å². The number of hydrogen-bond acceptors (Lipinski definition) is 2. The number of aromatic nitrogens is 2.